The monoisotopic (exact) mass is 225 g/mol. The summed E-state index contributed by atoms with van der Waals surface area (Å²) >= 11 is 0. The van der Waals surface area contributed by atoms with Crippen molar-refractivity contribution in [3.05, 3.63) is 22.7 Å². The van der Waals surface area contributed by atoms with Crippen molar-refractivity contribution in [3.8, 4) is 0 Å². The van der Waals surface area contributed by atoms with Crippen LogP contribution in [0.4, 0.5) is 5.82 Å². The van der Waals surface area contributed by atoms with Gasteiger partial charge in [0.1, 0.15) is 0 Å². The van der Waals surface area contributed by atoms with Crippen molar-refractivity contribution in [1.82, 2.24) is 9.55 Å². The van der Waals surface area contributed by atoms with E-state index in [1.807, 2.05) is 6.92 Å². The van der Waals surface area contributed by atoms with E-state index in [2.05, 4.69) is 10.3 Å². The molecule has 0 radical (unpaired) electrons. The molecular weight excluding hydrogens is 206 g/mol. The molecule has 1 heterocycles. The lowest BCUT2D eigenvalue weighted by molar-refractivity contribution is 0.283. The molecule has 0 bridgehead atoms. The van der Waals surface area contributed by atoms with Gasteiger partial charge in [0, 0.05) is 32.1 Å². The van der Waals surface area contributed by atoms with Gasteiger partial charge >= 0.3 is 0 Å². The second-order valence-electron chi connectivity index (χ2n) is 3.58. The van der Waals surface area contributed by atoms with Crippen LogP contribution in [0, 0.1) is 0 Å². The van der Waals surface area contributed by atoms with Gasteiger partial charge in [-0.2, -0.15) is 0 Å². The normalized spacial score (nSPS) is 10.4. The van der Waals surface area contributed by atoms with Gasteiger partial charge < -0.3 is 15.0 Å². The number of aromatic nitrogens is 2. The van der Waals surface area contributed by atoms with E-state index in [-0.39, 0.29) is 12.2 Å². The number of nitrogens with zero attached hydrogens (tertiary/aromatic N) is 2. The van der Waals surface area contributed by atoms with Gasteiger partial charge in [0.15, 0.2) is 5.82 Å². The van der Waals surface area contributed by atoms with Gasteiger partial charge in [-0.3, -0.25) is 4.79 Å². The zero-order chi connectivity index (χ0) is 11.8. The number of unbranched alkanes of at least 4 members (excludes halogenated alkanes) is 2. The average Bonchev–Trinajstić information content (AvgIpc) is 2.31. The van der Waals surface area contributed by atoms with E-state index < -0.39 is 0 Å². The van der Waals surface area contributed by atoms with E-state index >= 15 is 0 Å². The topological polar surface area (TPSA) is 67.2 Å². The lowest BCUT2D eigenvalue weighted by Gasteiger charge is -2.06. The molecule has 0 aliphatic rings. The number of aryl methyl sites for hydroxylation is 1. The third-order valence-electron chi connectivity index (χ3n) is 2.38. The van der Waals surface area contributed by atoms with E-state index in [4.69, 9.17) is 5.11 Å². The molecule has 1 rings (SSSR count). The highest BCUT2D eigenvalue weighted by atomic mass is 16.2. The molecule has 0 aromatic carbocycles. The van der Waals surface area contributed by atoms with Crippen molar-refractivity contribution in [2.75, 3.05) is 18.5 Å². The molecule has 0 fully saturated rings. The van der Waals surface area contributed by atoms with Crippen LogP contribution in [0.25, 0.3) is 0 Å². The standard InChI is InChI=1S/C11H19N3O2/c1-2-14-8-7-13-10(11(14)16)12-6-4-3-5-9-15/h7-8,15H,2-6,9H2,1H3,(H,12,13). The minimum Gasteiger partial charge on any atom is -0.396 e. The zero-order valence-corrected chi connectivity index (χ0v) is 9.65. The van der Waals surface area contributed by atoms with Gasteiger partial charge in [0.2, 0.25) is 0 Å². The lowest BCUT2D eigenvalue weighted by atomic mass is 10.2. The summed E-state index contributed by atoms with van der Waals surface area (Å²) < 4.78 is 1.61. The Hall–Kier alpha value is -1.36. The Bertz CT molecular complexity index is 362. The highest BCUT2D eigenvalue weighted by Crippen LogP contribution is 1.97. The first kappa shape index (κ1) is 12.7. The van der Waals surface area contributed by atoms with E-state index in [0.29, 0.717) is 12.4 Å². The quantitative estimate of drug-likeness (QED) is 0.675. The van der Waals surface area contributed by atoms with Gasteiger partial charge in [0.05, 0.1) is 0 Å². The van der Waals surface area contributed by atoms with E-state index in [1.165, 1.54) is 0 Å². The van der Waals surface area contributed by atoms with Gasteiger partial charge in [-0.25, -0.2) is 4.98 Å². The molecule has 0 saturated carbocycles. The molecular formula is C11H19N3O2. The smallest absolute Gasteiger partial charge is 0.293 e. The number of hydrogen-bond donors (Lipinski definition) is 2. The van der Waals surface area contributed by atoms with Gasteiger partial charge in [-0.05, 0) is 26.2 Å². The third kappa shape index (κ3) is 3.66. The minimum absolute atomic E-state index is 0.0767. The van der Waals surface area contributed by atoms with Crippen molar-refractivity contribution in [2.45, 2.75) is 32.7 Å². The molecule has 0 unspecified atom stereocenters. The largest absolute Gasteiger partial charge is 0.396 e. The highest BCUT2D eigenvalue weighted by Gasteiger charge is 2.01. The highest BCUT2D eigenvalue weighted by molar-refractivity contribution is 5.30. The summed E-state index contributed by atoms with van der Waals surface area (Å²) in [5.41, 5.74) is -0.0767. The Morgan fingerprint density at radius 2 is 2.25 bits per heavy atom. The molecule has 0 aliphatic carbocycles. The molecule has 90 valence electrons. The fourth-order valence-electron chi connectivity index (χ4n) is 1.44. The lowest BCUT2D eigenvalue weighted by Crippen LogP contribution is -2.24. The summed E-state index contributed by atoms with van der Waals surface area (Å²) in [6.07, 6.45) is 6.00. The van der Waals surface area contributed by atoms with Crippen LogP contribution in [-0.4, -0.2) is 27.8 Å². The second-order valence-corrected chi connectivity index (χ2v) is 3.58. The summed E-state index contributed by atoms with van der Waals surface area (Å²) in [6.45, 7) is 3.52. The molecule has 0 amide bonds. The summed E-state index contributed by atoms with van der Waals surface area (Å²) in [7, 11) is 0. The maximum atomic E-state index is 11.7. The number of nitrogens with one attached hydrogen (secondary N) is 1. The number of anilines is 1. The molecule has 0 atom stereocenters. The number of aliphatic hydroxyl groups is 1. The summed E-state index contributed by atoms with van der Waals surface area (Å²) in [6, 6.07) is 0. The Kier molecular flexibility index (Phi) is 5.56. The predicted octanol–water partition coefficient (Wildman–Crippen LogP) is 0.838. The van der Waals surface area contributed by atoms with Crippen LogP contribution < -0.4 is 10.9 Å². The molecule has 1 aromatic rings. The van der Waals surface area contributed by atoms with Crippen LogP contribution in [0.5, 0.6) is 0 Å². The second kappa shape index (κ2) is 7.00. The Balaban J connectivity index is 2.45. The SMILES string of the molecule is CCn1ccnc(NCCCCCO)c1=O. The van der Waals surface area contributed by atoms with Gasteiger partial charge in [-0.1, -0.05) is 0 Å². The maximum Gasteiger partial charge on any atom is 0.293 e. The Labute approximate surface area is 95.1 Å². The van der Waals surface area contributed by atoms with Crippen LogP contribution in [-0.2, 0) is 6.54 Å². The first-order valence-corrected chi connectivity index (χ1v) is 5.69. The first-order valence-electron chi connectivity index (χ1n) is 5.69. The molecule has 2 N–H and O–H groups in total. The van der Waals surface area contributed by atoms with Gasteiger partial charge in [-0.15, -0.1) is 0 Å². The molecule has 5 heteroatoms. The van der Waals surface area contributed by atoms with Crippen molar-refractivity contribution in [1.29, 1.82) is 0 Å². The molecule has 5 nitrogen and oxygen atoms in total. The molecule has 16 heavy (non-hydrogen) atoms. The van der Waals surface area contributed by atoms with Crippen molar-refractivity contribution < 1.29 is 5.11 Å². The van der Waals surface area contributed by atoms with Crippen molar-refractivity contribution in [2.24, 2.45) is 0 Å². The zero-order valence-electron chi connectivity index (χ0n) is 9.65. The van der Waals surface area contributed by atoms with Crippen molar-refractivity contribution >= 4 is 5.82 Å². The molecule has 0 spiro atoms. The first-order chi connectivity index (χ1) is 7.79. The maximum absolute atomic E-state index is 11.7. The number of rotatable bonds is 7. The van der Waals surface area contributed by atoms with Crippen LogP contribution in [0.1, 0.15) is 26.2 Å². The number of aliphatic hydroxyl groups excluding tert-OH is 1. The molecule has 0 aliphatic heterocycles. The number of hydrogen-bond acceptors (Lipinski definition) is 4. The minimum atomic E-state index is -0.0767. The average molecular weight is 225 g/mol. The van der Waals surface area contributed by atoms with Crippen LogP contribution in [0.3, 0.4) is 0 Å². The summed E-state index contributed by atoms with van der Waals surface area (Å²) in [5.74, 6) is 0.411. The summed E-state index contributed by atoms with van der Waals surface area (Å²) in [5, 5.41) is 11.6. The summed E-state index contributed by atoms with van der Waals surface area (Å²) in [4.78, 5) is 15.7. The molecule has 1 aromatic heterocycles. The van der Waals surface area contributed by atoms with Gasteiger partial charge in [0.25, 0.3) is 5.56 Å². The third-order valence-corrected chi connectivity index (χ3v) is 2.38. The Morgan fingerprint density at radius 3 is 2.94 bits per heavy atom. The van der Waals surface area contributed by atoms with E-state index in [1.54, 1.807) is 17.0 Å². The molecule has 0 saturated heterocycles. The van der Waals surface area contributed by atoms with E-state index in [9.17, 15) is 4.79 Å². The van der Waals surface area contributed by atoms with Crippen molar-refractivity contribution in [3.63, 3.8) is 0 Å². The van der Waals surface area contributed by atoms with Crippen LogP contribution in [0.15, 0.2) is 17.2 Å². The van der Waals surface area contributed by atoms with E-state index in [0.717, 1.165) is 25.8 Å². The Morgan fingerprint density at radius 1 is 1.44 bits per heavy atom. The predicted molar refractivity (Wildman–Crippen MR) is 63.6 cm³/mol. The fourth-order valence-corrected chi connectivity index (χ4v) is 1.44. The van der Waals surface area contributed by atoms with Crippen LogP contribution in [0.2, 0.25) is 0 Å². The fraction of sp³-hybridized carbons (Fsp3) is 0.636. The van der Waals surface area contributed by atoms with Crippen LogP contribution >= 0.6 is 0 Å².